The maximum absolute atomic E-state index is 5.17. The highest BCUT2D eigenvalue weighted by Gasteiger charge is 2.06. The Morgan fingerprint density at radius 3 is 2.58 bits per heavy atom. The van der Waals surface area contributed by atoms with E-state index in [-0.39, 0.29) is 0 Å². The van der Waals surface area contributed by atoms with Gasteiger partial charge in [0, 0.05) is 31.0 Å². The molecule has 0 bridgehead atoms. The van der Waals surface area contributed by atoms with E-state index in [0.29, 0.717) is 6.04 Å². The lowest BCUT2D eigenvalue weighted by molar-refractivity contribution is 0.414. The lowest BCUT2D eigenvalue weighted by Gasteiger charge is -2.15. The molecular weight excluding hydrogens is 236 g/mol. The summed E-state index contributed by atoms with van der Waals surface area (Å²) in [6, 6.07) is 12.8. The molecule has 0 fully saturated rings. The Bertz CT molecular complexity index is 502. The molecule has 1 atom stereocenters. The number of nitrogens with one attached hydrogen (secondary N) is 1. The van der Waals surface area contributed by atoms with Crippen molar-refractivity contribution in [1.82, 2.24) is 9.88 Å². The van der Waals surface area contributed by atoms with Crippen LogP contribution in [0.1, 0.15) is 31.1 Å². The monoisotopic (exact) mass is 258 g/mol. The summed E-state index contributed by atoms with van der Waals surface area (Å²) in [4.78, 5) is 0. The average Bonchev–Trinajstić information content (AvgIpc) is 2.92. The quantitative estimate of drug-likeness (QED) is 0.859. The molecule has 3 nitrogen and oxygen atoms in total. The van der Waals surface area contributed by atoms with Gasteiger partial charge in [-0.2, -0.15) is 0 Å². The van der Waals surface area contributed by atoms with Crippen LogP contribution >= 0.6 is 0 Å². The summed E-state index contributed by atoms with van der Waals surface area (Å²) >= 11 is 0. The standard InChI is InChI=1S/C16H22N2O/c1-4-18-11-5-6-15(18)12-17-13(2)14-7-9-16(19-3)10-8-14/h5-11,13,17H,4,12H2,1-3H3. The zero-order valence-electron chi connectivity index (χ0n) is 11.9. The summed E-state index contributed by atoms with van der Waals surface area (Å²) in [7, 11) is 1.69. The van der Waals surface area contributed by atoms with Crippen LogP contribution in [0, 0.1) is 0 Å². The molecule has 0 radical (unpaired) electrons. The van der Waals surface area contributed by atoms with E-state index in [4.69, 9.17) is 4.74 Å². The van der Waals surface area contributed by atoms with E-state index >= 15 is 0 Å². The molecule has 1 aromatic heterocycles. The molecule has 2 rings (SSSR count). The van der Waals surface area contributed by atoms with Crippen LogP contribution in [-0.2, 0) is 13.1 Å². The summed E-state index contributed by atoms with van der Waals surface area (Å²) in [5, 5.41) is 3.55. The molecule has 0 aliphatic carbocycles. The van der Waals surface area contributed by atoms with Gasteiger partial charge < -0.3 is 14.6 Å². The number of aromatic nitrogens is 1. The average molecular weight is 258 g/mol. The Kier molecular flexibility index (Phi) is 4.63. The van der Waals surface area contributed by atoms with Crippen LogP contribution in [0.25, 0.3) is 0 Å². The smallest absolute Gasteiger partial charge is 0.118 e. The van der Waals surface area contributed by atoms with E-state index in [2.05, 4.69) is 54.2 Å². The van der Waals surface area contributed by atoms with E-state index in [9.17, 15) is 0 Å². The van der Waals surface area contributed by atoms with E-state index in [1.54, 1.807) is 7.11 Å². The number of ether oxygens (including phenoxy) is 1. The van der Waals surface area contributed by atoms with Gasteiger partial charge in [-0.1, -0.05) is 12.1 Å². The van der Waals surface area contributed by atoms with Crippen molar-refractivity contribution >= 4 is 0 Å². The lowest BCUT2D eigenvalue weighted by Crippen LogP contribution is -2.19. The van der Waals surface area contributed by atoms with E-state index < -0.39 is 0 Å². The fourth-order valence-electron chi connectivity index (χ4n) is 2.19. The first-order chi connectivity index (χ1) is 9.24. The Morgan fingerprint density at radius 1 is 1.21 bits per heavy atom. The van der Waals surface area contributed by atoms with Crippen molar-refractivity contribution in [2.75, 3.05) is 7.11 Å². The summed E-state index contributed by atoms with van der Waals surface area (Å²) in [5.74, 6) is 0.899. The molecular formula is C16H22N2O. The Labute approximate surface area is 115 Å². The van der Waals surface area contributed by atoms with Crippen molar-refractivity contribution in [2.24, 2.45) is 0 Å². The van der Waals surface area contributed by atoms with Gasteiger partial charge in [-0.15, -0.1) is 0 Å². The fourth-order valence-corrected chi connectivity index (χ4v) is 2.19. The zero-order valence-corrected chi connectivity index (χ0v) is 11.9. The van der Waals surface area contributed by atoms with Crippen LogP contribution in [0.5, 0.6) is 5.75 Å². The minimum Gasteiger partial charge on any atom is -0.497 e. The molecule has 1 unspecified atom stereocenters. The number of hydrogen-bond donors (Lipinski definition) is 1. The minimum absolute atomic E-state index is 0.325. The van der Waals surface area contributed by atoms with Crippen molar-refractivity contribution in [3.05, 3.63) is 53.9 Å². The lowest BCUT2D eigenvalue weighted by atomic mass is 10.1. The maximum atomic E-state index is 5.17. The molecule has 0 saturated heterocycles. The normalized spacial score (nSPS) is 12.4. The summed E-state index contributed by atoms with van der Waals surface area (Å²) in [5.41, 5.74) is 2.60. The van der Waals surface area contributed by atoms with Gasteiger partial charge in [0.2, 0.25) is 0 Å². The molecule has 0 aliphatic heterocycles. The molecule has 1 heterocycles. The van der Waals surface area contributed by atoms with Crippen molar-refractivity contribution in [2.45, 2.75) is 33.0 Å². The van der Waals surface area contributed by atoms with Gasteiger partial charge in [0.05, 0.1) is 7.11 Å². The van der Waals surface area contributed by atoms with Crippen LogP contribution in [0.2, 0.25) is 0 Å². The molecule has 1 aromatic carbocycles. The molecule has 102 valence electrons. The largest absolute Gasteiger partial charge is 0.497 e. The zero-order chi connectivity index (χ0) is 13.7. The summed E-state index contributed by atoms with van der Waals surface area (Å²) in [6.07, 6.45) is 2.12. The van der Waals surface area contributed by atoms with Crippen molar-refractivity contribution in [3.63, 3.8) is 0 Å². The number of aryl methyl sites for hydroxylation is 1. The third-order valence-corrected chi connectivity index (χ3v) is 3.47. The van der Waals surface area contributed by atoms with E-state index in [1.807, 2.05) is 12.1 Å². The predicted octanol–water partition coefficient (Wildman–Crippen LogP) is 3.37. The van der Waals surface area contributed by atoms with Gasteiger partial charge in [0.25, 0.3) is 0 Å². The van der Waals surface area contributed by atoms with Crippen LogP contribution < -0.4 is 10.1 Å². The minimum atomic E-state index is 0.325. The third-order valence-electron chi connectivity index (χ3n) is 3.47. The highest BCUT2D eigenvalue weighted by Crippen LogP contribution is 2.17. The first kappa shape index (κ1) is 13.7. The third kappa shape index (κ3) is 3.38. The van der Waals surface area contributed by atoms with E-state index in [1.165, 1.54) is 11.3 Å². The maximum Gasteiger partial charge on any atom is 0.118 e. The number of nitrogens with zero attached hydrogens (tertiary/aromatic N) is 1. The molecule has 19 heavy (non-hydrogen) atoms. The van der Waals surface area contributed by atoms with Crippen LogP contribution in [0.3, 0.4) is 0 Å². The van der Waals surface area contributed by atoms with Gasteiger partial charge in [0.15, 0.2) is 0 Å². The van der Waals surface area contributed by atoms with Crippen LogP contribution in [0.15, 0.2) is 42.6 Å². The molecule has 0 spiro atoms. The molecule has 0 amide bonds. The molecule has 0 aliphatic rings. The summed E-state index contributed by atoms with van der Waals surface area (Å²) < 4.78 is 7.43. The number of benzene rings is 1. The predicted molar refractivity (Wildman–Crippen MR) is 78.4 cm³/mol. The Morgan fingerprint density at radius 2 is 1.95 bits per heavy atom. The molecule has 3 heteroatoms. The fraction of sp³-hybridized carbons (Fsp3) is 0.375. The molecule has 1 N–H and O–H groups in total. The van der Waals surface area contributed by atoms with Crippen molar-refractivity contribution < 1.29 is 4.74 Å². The number of methoxy groups -OCH3 is 1. The SMILES string of the molecule is CCn1cccc1CNC(C)c1ccc(OC)cc1. The highest BCUT2D eigenvalue weighted by atomic mass is 16.5. The van der Waals surface area contributed by atoms with Crippen LogP contribution in [-0.4, -0.2) is 11.7 Å². The first-order valence-corrected chi connectivity index (χ1v) is 6.76. The Balaban J connectivity index is 1.95. The van der Waals surface area contributed by atoms with Gasteiger partial charge in [-0.25, -0.2) is 0 Å². The van der Waals surface area contributed by atoms with Gasteiger partial charge >= 0.3 is 0 Å². The van der Waals surface area contributed by atoms with Gasteiger partial charge in [-0.05, 0) is 43.7 Å². The van der Waals surface area contributed by atoms with Gasteiger partial charge in [0.1, 0.15) is 5.75 Å². The number of hydrogen-bond acceptors (Lipinski definition) is 2. The second-order valence-electron chi connectivity index (χ2n) is 4.66. The van der Waals surface area contributed by atoms with Crippen LogP contribution in [0.4, 0.5) is 0 Å². The second-order valence-corrected chi connectivity index (χ2v) is 4.66. The summed E-state index contributed by atoms with van der Waals surface area (Å²) in [6.45, 7) is 6.24. The topological polar surface area (TPSA) is 26.2 Å². The Hall–Kier alpha value is -1.74. The van der Waals surface area contributed by atoms with Crippen molar-refractivity contribution in [1.29, 1.82) is 0 Å². The first-order valence-electron chi connectivity index (χ1n) is 6.76. The van der Waals surface area contributed by atoms with E-state index in [0.717, 1.165) is 18.8 Å². The molecule has 2 aromatic rings. The highest BCUT2D eigenvalue weighted by molar-refractivity contribution is 5.28. The number of rotatable bonds is 6. The molecule has 0 saturated carbocycles. The second kappa shape index (κ2) is 6.43. The van der Waals surface area contributed by atoms with Crippen molar-refractivity contribution in [3.8, 4) is 5.75 Å². The van der Waals surface area contributed by atoms with Gasteiger partial charge in [-0.3, -0.25) is 0 Å².